The van der Waals surface area contributed by atoms with Gasteiger partial charge < -0.3 is 15.4 Å². The summed E-state index contributed by atoms with van der Waals surface area (Å²) in [6.07, 6.45) is 0.960. The van der Waals surface area contributed by atoms with Gasteiger partial charge in [0.05, 0.1) is 6.61 Å². The quantitative estimate of drug-likeness (QED) is 0.876. The summed E-state index contributed by atoms with van der Waals surface area (Å²) in [6.45, 7) is 6.16. The SMILES string of the molecule is CCOc1cc(C)nc(N2CCc3cccc(N)c3C2)n1. The number of ether oxygens (including phenoxy) is 1. The maximum atomic E-state index is 6.10. The topological polar surface area (TPSA) is 64.3 Å². The van der Waals surface area contributed by atoms with Crippen LogP contribution in [-0.2, 0) is 13.0 Å². The number of aryl methyl sites for hydroxylation is 1. The number of hydrogen-bond donors (Lipinski definition) is 1. The summed E-state index contributed by atoms with van der Waals surface area (Å²) in [6, 6.07) is 7.97. The van der Waals surface area contributed by atoms with E-state index in [1.807, 2.05) is 32.0 Å². The zero-order chi connectivity index (χ0) is 14.8. The number of rotatable bonds is 3. The molecule has 1 aromatic carbocycles. The number of aromatic nitrogens is 2. The molecule has 2 heterocycles. The van der Waals surface area contributed by atoms with Crippen LogP contribution in [0, 0.1) is 6.92 Å². The van der Waals surface area contributed by atoms with E-state index < -0.39 is 0 Å². The first-order valence-electron chi connectivity index (χ1n) is 7.27. The molecule has 0 fully saturated rings. The van der Waals surface area contributed by atoms with Crippen LogP contribution in [0.25, 0.3) is 0 Å². The Hall–Kier alpha value is -2.30. The van der Waals surface area contributed by atoms with Crippen molar-refractivity contribution in [1.82, 2.24) is 9.97 Å². The standard InChI is InChI=1S/C16H20N4O/c1-3-21-15-9-11(2)18-16(19-15)20-8-7-12-5-4-6-14(17)13(12)10-20/h4-6,9H,3,7-8,10,17H2,1-2H3. The number of anilines is 2. The Bertz CT molecular complexity index is 657. The van der Waals surface area contributed by atoms with Crippen molar-refractivity contribution >= 4 is 11.6 Å². The number of nitrogen functional groups attached to an aromatic ring is 1. The molecule has 0 amide bonds. The zero-order valence-corrected chi connectivity index (χ0v) is 12.5. The smallest absolute Gasteiger partial charge is 0.229 e. The van der Waals surface area contributed by atoms with Gasteiger partial charge in [-0.05, 0) is 37.5 Å². The third-order valence-electron chi connectivity index (χ3n) is 3.70. The molecular formula is C16H20N4O. The molecule has 0 saturated heterocycles. The Morgan fingerprint density at radius 2 is 2.19 bits per heavy atom. The average molecular weight is 284 g/mol. The lowest BCUT2D eigenvalue weighted by Crippen LogP contribution is -2.32. The van der Waals surface area contributed by atoms with E-state index in [0.717, 1.165) is 30.9 Å². The van der Waals surface area contributed by atoms with Crippen molar-refractivity contribution in [3.63, 3.8) is 0 Å². The van der Waals surface area contributed by atoms with Crippen molar-refractivity contribution in [1.29, 1.82) is 0 Å². The Morgan fingerprint density at radius 3 is 3.00 bits per heavy atom. The first-order valence-corrected chi connectivity index (χ1v) is 7.27. The second-order valence-electron chi connectivity index (χ2n) is 5.24. The number of nitrogens with zero attached hydrogens (tertiary/aromatic N) is 3. The molecule has 0 saturated carbocycles. The molecule has 3 rings (SSSR count). The van der Waals surface area contributed by atoms with Gasteiger partial charge in [0.2, 0.25) is 11.8 Å². The normalized spacial score (nSPS) is 13.9. The van der Waals surface area contributed by atoms with E-state index in [1.54, 1.807) is 0 Å². The molecule has 5 heteroatoms. The minimum absolute atomic E-state index is 0.603. The second kappa shape index (κ2) is 5.60. The number of hydrogen-bond acceptors (Lipinski definition) is 5. The molecule has 2 N–H and O–H groups in total. The molecule has 0 atom stereocenters. The summed E-state index contributed by atoms with van der Waals surface area (Å²) in [7, 11) is 0. The van der Waals surface area contributed by atoms with Gasteiger partial charge in [-0.1, -0.05) is 12.1 Å². The number of fused-ring (bicyclic) bond motifs is 1. The third-order valence-corrected chi connectivity index (χ3v) is 3.70. The predicted molar refractivity (Wildman–Crippen MR) is 83.5 cm³/mol. The maximum absolute atomic E-state index is 6.10. The fraction of sp³-hybridized carbons (Fsp3) is 0.375. The van der Waals surface area contributed by atoms with Gasteiger partial charge in [-0.2, -0.15) is 4.98 Å². The molecule has 0 bridgehead atoms. The highest BCUT2D eigenvalue weighted by Crippen LogP contribution is 2.27. The van der Waals surface area contributed by atoms with E-state index in [2.05, 4.69) is 20.9 Å². The molecule has 0 radical (unpaired) electrons. The van der Waals surface area contributed by atoms with E-state index >= 15 is 0 Å². The van der Waals surface area contributed by atoms with Gasteiger partial charge in [-0.25, -0.2) is 4.98 Å². The minimum atomic E-state index is 0.603. The van der Waals surface area contributed by atoms with Crippen LogP contribution < -0.4 is 15.4 Å². The Balaban J connectivity index is 1.90. The molecule has 0 spiro atoms. The van der Waals surface area contributed by atoms with Crippen molar-refractivity contribution in [2.45, 2.75) is 26.8 Å². The summed E-state index contributed by atoms with van der Waals surface area (Å²) in [5.74, 6) is 1.35. The van der Waals surface area contributed by atoms with E-state index in [1.165, 1.54) is 11.1 Å². The summed E-state index contributed by atoms with van der Waals surface area (Å²) < 4.78 is 5.51. The molecule has 21 heavy (non-hydrogen) atoms. The van der Waals surface area contributed by atoms with Crippen LogP contribution in [0.4, 0.5) is 11.6 Å². The van der Waals surface area contributed by atoms with Crippen molar-refractivity contribution < 1.29 is 4.74 Å². The van der Waals surface area contributed by atoms with Crippen molar-refractivity contribution in [2.24, 2.45) is 0 Å². The van der Waals surface area contributed by atoms with Crippen molar-refractivity contribution in [3.8, 4) is 5.88 Å². The molecule has 1 aliphatic heterocycles. The largest absolute Gasteiger partial charge is 0.478 e. The van der Waals surface area contributed by atoms with Crippen molar-refractivity contribution in [3.05, 3.63) is 41.1 Å². The number of nitrogens with two attached hydrogens (primary N) is 1. The summed E-state index contributed by atoms with van der Waals surface area (Å²) >= 11 is 0. The van der Waals surface area contributed by atoms with E-state index in [0.29, 0.717) is 18.4 Å². The lowest BCUT2D eigenvalue weighted by atomic mass is 9.98. The maximum Gasteiger partial charge on any atom is 0.229 e. The van der Waals surface area contributed by atoms with Crippen LogP contribution in [0.15, 0.2) is 24.3 Å². The Kier molecular flexibility index (Phi) is 3.64. The van der Waals surface area contributed by atoms with Gasteiger partial charge in [0.15, 0.2) is 0 Å². The molecule has 5 nitrogen and oxygen atoms in total. The van der Waals surface area contributed by atoms with Gasteiger partial charge in [-0.3, -0.25) is 0 Å². The Labute approximate surface area is 124 Å². The summed E-state index contributed by atoms with van der Waals surface area (Å²) in [5.41, 5.74) is 10.4. The average Bonchev–Trinajstić information content (AvgIpc) is 2.47. The monoisotopic (exact) mass is 284 g/mol. The van der Waals surface area contributed by atoms with Crippen LogP contribution in [0.1, 0.15) is 23.7 Å². The minimum Gasteiger partial charge on any atom is -0.478 e. The van der Waals surface area contributed by atoms with Gasteiger partial charge in [0.1, 0.15) is 0 Å². The lowest BCUT2D eigenvalue weighted by molar-refractivity contribution is 0.325. The fourth-order valence-electron chi connectivity index (χ4n) is 2.67. The molecule has 0 unspecified atom stereocenters. The predicted octanol–water partition coefficient (Wildman–Crippen LogP) is 2.33. The molecule has 110 valence electrons. The van der Waals surface area contributed by atoms with E-state index in [4.69, 9.17) is 10.5 Å². The fourth-order valence-corrected chi connectivity index (χ4v) is 2.67. The third kappa shape index (κ3) is 2.77. The molecular weight excluding hydrogens is 264 g/mol. The second-order valence-corrected chi connectivity index (χ2v) is 5.24. The highest BCUT2D eigenvalue weighted by atomic mass is 16.5. The van der Waals surface area contributed by atoms with Gasteiger partial charge in [-0.15, -0.1) is 0 Å². The van der Waals surface area contributed by atoms with Crippen LogP contribution in [0.5, 0.6) is 5.88 Å². The summed E-state index contributed by atoms with van der Waals surface area (Å²) in [4.78, 5) is 11.2. The van der Waals surface area contributed by atoms with Crippen LogP contribution in [-0.4, -0.2) is 23.1 Å². The highest BCUT2D eigenvalue weighted by Gasteiger charge is 2.20. The van der Waals surface area contributed by atoms with Crippen LogP contribution in [0.3, 0.4) is 0 Å². The van der Waals surface area contributed by atoms with E-state index in [-0.39, 0.29) is 0 Å². The van der Waals surface area contributed by atoms with Crippen molar-refractivity contribution in [2.75, 3.05) is 23.8 Å². The first kappa shape index (κ1) is 13.7. The molecule has 0 aliphatic carbocycles. The van der Waals surface area contributed by atoms with E-state index in [9.17, 15) is 0 Å². The van der Waals surface area contributed by atoms with Gasteiger partial charge in [0, 0.05) is 30.5 Å². The lowest BCUT2D eigenvalue weighted by Gasteiger charge is -2.30. The van der Waals surface area contributed by atoms with Crippen LogP contribution >= 0.6 is 0 Å². The van der Waals surface area contributed by atoms with Crippen LogP contribution in [0.2, 0.25) is 0 Å². The Morgan fingerprint density at radius 1 is 1.33 bits per heavy atom. The first-order chi connectivity index (χ1) is 10.2. The van der Waals surface area contributed by atoms with Gasteiger partial charge >= 0.3 is 0 Å². The van der Waals surface area contributed by atoms with Gasteiger partial charge in [0.25, 0.3) is 0 Å². The molecule has 1 aliphatic rings. The summed E-state index contributed by atoms with van der Waals surface area (Å²) in [5, 5.41) is 0. The highest BCUT2D eigenvalue weighted by molar-refractivity contribution is 5.55. The zero-order valence-electron chi connectivity index (χ0n) is 12.5. The molecule has 2 aromatic rings. The number of benzene rings is 1. The molecule has 1 aromatic heterocycles.